The molecule has 0 bridgehead atoms. The molecule has 0 radical (unpaired) electrons. The topological polar surface area (TPSA) is 125 Å². The maximum atomic E-state index is 13.3. The van der Waals surface area contributed by atoms with Gasteiger partial charge >= 0.3 is 0 Å². The van der Waals surface area contributed by atoms with E-state index in [1.54, 1.807) is 12.1 Å². The lowest BCUT2D eigenvalue weighted by atomic mass is 9.69. The van der Waals surface area contributed by atoms with Gasteiger partial charge in [0.25, 0.3) is 5.69 Å². The molecule has 2 aromatic carbocycles. The number of rotatable bonds is 6. The van der Waals surface area contributed by atoms with Crippen molar-refractivity contribution >= 4 is 34.8 Å². The number of carbonyl (C=O) groups is 2. The van der Waals surface area contributed by atoms with E-state index in [1.165, 1.54) is 23.9 Å². The fraction of sp³-hybridized carbons (Fsp3) is 0.296. The van der Waals surface area contributed by atoms with Crippen LogP contribution in [0.1, 0.15) is 43.7 Å². The number of ketones is 1. The molecule has 0 spiro atoms. The fourth-order valence-corrected chi connectivity index (χ4v) is 5.48. The van der Waals surface area contributed by atoms with Gasteiger partial charge in [0.1, 0.15) is 0 Å². The van der Waals surface area contributed by atoms with Gasteiger partial charge in [-0.2, -0.15) is 5.26 Å². The number of hydrogen-bond acceptors (Lipinski definition) is 7. The van der Waals surface area contributed by atoms with Gasteiger partial charge in [-0.25, -0.2) is 0 Å². The van der Waals surface area contributed by atoms with Gasteiger partial charge in [0.15, 0.2) is 5.78 Å². The van der Waals surface area contributed by atoms with Crippen molar-refractivity contribution in [1.82, 2.24) is 5.32 Å². The van der Waals surface area contributed by atoms with Crippen LogP contribution < -0.4 is 10.6 Å². The van der Waals surface area contributed by atoms with E-state index in [-0.39, 0.29) is 34.1 Å². The monoisotopic (exact) mass is 502 g/mol. The molecule has 0 saturated carbocycles. The Bertz CT molecular complexity index is 1350. The molecule has 1 aliphatic heterocycles. The number of nitro benzene ring substituents is 1. The third kappa shape index (κ3) is 5.34. The van der Waals surface area contributed by atoms with Crippen molar-refractivity contribution in [3.8, 4) is 6.07 Å². The van der Waals surface area contributed by atoms with Crippen molar-refractivity contribution < 1.29 is 14.5 Å². The molecule has 0 aromatic heterocycles. The summed E-state index contributed by atoms with van der Waals surface area (Å²) in [7, 11) is 0. The number of benzene rings is 2. The molecule has 0 unspecified atom stereocenters. The summed E-state index contributed by atoms with van der Waals surface area (Å²) < 4.78 is 0. The Hall–Kier alpha value is -3.90. The molecule has 184 valence electrons. The van der Waals surface area contributed by atoms with Gasteiger partial charge in [0, 0.05) is 35.5 Å². The van der Waals surface area contributed by atoms with Gasteiger partial charge in [-0.3, -0.25) is 19.7 Å². The van der Waals surface area contributed by atoms with Gasteiger partial charge in [-0.05, 0) is 36.5 Å². The Morgan fingerprint density at radius 1 is 1.25 bits per heavy atom. The van der Waals surface area contributed by atoms with E-state index in [2.05, 4.69) is 16.7 Å². The van der Waals surface area contributed by atoms with E-state index in [9.17, 15) is 25.0 Å². The average molecular weight is 503 g/mol. The van der Waals surface area contributed by atoms with Crippen LogP contribution in [0.3, 0.4) is 0 Å². The minimum Gasteiger partial charge on any atom is -0.352 e. The average Bonchev–Trinajstić information content (AvgIpc) is 2.82. The molecule has 0 fully saturated rings. The summed E-state index contributed by atoms with van der Waals surface area (Å²) >= 11 is 1.18. The first-order valence-corrected chi connectivity index (χ1v) is 12.5. The molecule has 1 atom stereocenters. The second kappa shape index (κ2) is 9.99. The molecule has 4 rings (SSSR count). The van der Waals surface area contributed by atoms with Crippen molar-refractivity contribution in [2.45, 2.75) is 39.5 Å². The number of hydrogen-bond donors (Lipinski definition) is 2. The minimum absolute atomic E-state index is 0.0446. The summed E-state index contributed by atoms with van der Waals surface area (Å²) in [5.74, 6) is -1.01. The highest BCUT2D eigenvalue weighted by molar-refractivity contribution is 8.03. The predicted molar refractivity (Wildman–Crippen MR) is 139 cm³/mol. The Morgan fingerprint density at radius 3 is 2.64 bits per heavy atom. The van der Waals surface area contributed by atoms with Crippen molar-refractivity contribution in [3.63, 3.8) is 0 Å². The molecular formula is C27H26N4O4S. The molecule has 1 heterocycles. The number of anilines is 1. The highest BCUT2D eigenvalue weighted by Gasteiger charge is 2.42. The molecule has 36 heavy (non-hydrogen) atoms. The quantitative estimate of drug-likeness (QED) is 0.403. The molecule has 8 nitrogen and oxygen atoms in total. The Balaban J connectivity index is 1.68. The first-order chi connectivity index (χ1) is 17.1. The number of nitrogens with one attached hydrogen (secondary N) is 2. The number of non-ortho nitro benzene ring substituents is 1. The van der Waals surface area contributed by atoms with Crippen LogP contribution in [0.5, 0.6) is 0 Å². The second-order valence-electron chi connectivity index (χ2n) is 9.80. The zero-order chi connectivity index (χ0) is 26.0. The van der Waals surface area contributed by atoms with Crippen LogP contribution in [0, 0.1) is 33.8 Å². The first-order valence-electron chi connectivity index (χ1n) is 11.5. The van der Waals surface area contributed by atoms with Crippen LogP contribution >= 0.6 is 11.8 Å². The van der Waals surface area contributed by atoms with E-state index < -0.39 is 10.8 Å². The molecule has 1 amide bonds. The van der Waals surface area contributed by atoms with Crippen molar-refractivity contribution in [2.75, 3.05) is 11.1 Å². The summed E-state index contributed by atoms with van der Waals surface area (Å²) in [5, 5.41) is 28.2. The summed E-state index contributed by atoms with van der Waals surface area (Å²) in [6.45, 7) is 5.97. The van der Waals surface area contributed by atoms with E-state index in [1.807, 2.05) is 45.0 Å². The van der Waals surface area contributed by atoms with E-state index >= 15 is 0 Å². The number of thioether (sulfide) groups is 1. The Morgan fingerprint density at radius 2 is 1.97 bits per heavy atom. The summed E-state index contributed by atoms with van der Waals surface area (Å²) in [6.07, 6.45) is 0.900. The molecule has 9 heteroatoms. The lowest BCUT2D eigenvalue weighted by Crippen LogP contribution is -2.37. The minimum atomic E-state index is -0.739. The summed E-state index contributed by atoms with van der Waals surface area (Å²) in [4.78, 5) is 36.8. The third-order valence-electron chi connectivity index (χ3n) is 6.22. The van der Waals surface area contributed by atoms with Crippen LogP contribution in [0.2, 0.25) is 0 Å². The van der Waals surface area contributed by atoms with Crippen LogP contribution in [0.15, 0.2) is 70.4 Å². The highest BCUT2D eigenvalue weighted by Crippen LogP contribution is 2.48. The summed E-state index contributed by atoms with van der Waals surface area (Å²) in [6, 6.07) is 15.7. The zero-order valence-electron chi connectivity index (χ0n) is 20.3. The number of nitrogens with zero attached hydrogens (tertiary/aromatic N) is 2. The molecule has 2 aliphatic rings. The predicted octanol–water partition coefficient (Wildman–Crippen LogP) is 5.34. The lowest BCUT2D eigenvalue weighted by molar-refractivity contribution is -0.384. The lowest BCUT2D eigenvalue weighted by Gasteiger charge is -2.39. The van der Waals surface area contributed by atoms with Crippen LogP contribution in [0.4, 0.5) is 11.4 Å². The maximum absolute atomic E-state index is 13.3. The molecule has 1 aliphatic carbocycles. The Labute approximate surface area is 213 Å². The fourth-order valence-electron chi connectivity index (χ4n) is 4.61. The number of nitro groups is 1. The third-order valence-corrected chi connectivity index (χ3v) is 7.24. The number of carbonyl (C=O) groups excluding carboxylic acids is 2. The van der Waals surface area contributed by atoms with E-state index in [4.69, 9.17) is 0 Å². The number of dihydropyridines is 1. The van der Waals surface area contributed by atoms with Crippen molar-refractivity contribution in [2.24, 2.45) is 5.41 Å². The van der Waals surface area contributed by atoms with Gasteiger partial charge in [0.2, 0.25) is 5.91 Å². The second-order valence-corrected chi connectivity index (χ2v) is 10.8. The SMILES string of the molecule is Cc1ccc(NC(=O)CSC2=C(C#N)[C@@H](c3cccc([N+](=O)[O-])c3)C3=C(CC(C)(C)CC3=O)N2)cc1. The molecule has 2 N–H and O–H groups in total. The normalized spacial score (nSPS) is 18.7. The smallest absolute Gasteiger partial charge is 0.269 e. The molecular weight excluding hydrogens is 476 g/mol. The highest BCUT2D eigenvalue weighted by atomic mass is 32.2. The van der Waals surface area contributed by atoms with E-state index in [0.717, 1.165) is 5.56 Å². The number of nitriles is 1. The van der Waals surface area contributed by atoms with Crippen LogP contribution in [-0.4, -0.2) is 22.4 Å². The van der Waals surface area contributed by atoms with Gasteiger partial charge in [-0.15, -0.1) is 0 Å². The summed E-state index contributed by atoms with van der Waals surface area (Å²) in [5.41, 5.74) is 3.32. The zero-order valence-corrected chi connectivity index (χ0v) is 21.1. The van der Waals surface area contributed by atoms with Gasteiger partial charge < -0.3 is 10.6 Å². The van der Waals surface area contributed by atoms with Gasteiger partial charge in [0.05, 0.1) is 33.3 Å². The van der Waals surface area contributed by atoms with Crippen LogP contribution in [0.25, 0.3) is 0 Å². The van der Waals surface area contributed by atoms with Crippen molar-refractivity contribution in [3.05, 3.63) is 91.6 Å². The van der Waals surface area contributed by atoms with Gasteiger partial charge in [-0.1, -0.05) is 55.4 Å². The number of amides is 1. The maximum Gasteiger partial charge on any atom is 0.269 e. The number of Topliss-reactive ketones (excluding diaryl/α,β-unsaturated/α-hetero) is 1. The van der Waals surface area contributed by atoms with E-state index in [0.29, 0.717) is 40.4 Å². The number of aryl methyl sites for hydroxylation is 1. The Kier molecular flexibility index (Phi) is 7.00. The first kappa shape index (κ1) is 25.2. The van der Waals surface area contributed by atoms with Crippen molar-refractivity contribution in [1.29, 1.82) is 5.26 Å². The molecule has 2 aromatic rings. The standard InChI is InChI=1S/C27H26N4O4S/c1-16-7-9-18(10-8-16)29-23(33)15-36-26-20(14-28)24(17-5-4-6-19(11-17)31(34)35)25-21(30-26)12-27(2,3)13-22(25)32/h4-11,24,30H,12-13,15H2,1-3H3,(H,29,33)/t24-/m1/s1. The van der Waals surface area contributed by atoms with Crippen LogP contribution in [-0.2, 0) is 9.59 Å². The number of allylic oxidation sites excluding steroid dienone is 3. The largest absolute Gasteiger partial charge is 0.352 e. The molecule has 0 saturated heterocycles.